The fourth-order valence-corrected chi connectivity index (χ4v) is 3.90. The van der Waals surface area contributed by atoms with Crippen LogP contribution in [0.5, 0.6) is 0 Å². The number of benzene rings is 1. The molecule has 0 aliphatic heterocycles. The summed E-state index contributed by atoms with van der Waals surface area (Å²) in [6.07, 6.45) is 0.550. The first-order valence-corrected chi connectivity index (χ1v) is 10.5. The maximum absolute atomic E-state index is 12.3. The van der Waals surface area contributed by atoms with E-state index in [-0.39, 0.29) is 5.91 Å². The van der Waals surface area contributed by atoms with Gasteiger partial charge in [-0.3, -0.25) is 4.79 Å². The van der Waals surface area contributed by atoms with Crippen LogP contribution in [0.15, 0.2) is 18.2 Å². The lowest BCUT2D eigenvalue weighted by atomic mass is 9.99. The Hall–Kier alpha value is -2.77. The Bertz CT molecular complexity index is 1100. The van der Waals surface area contributed by atoms with Crippen molar-refractivity contribution in [3.05, 3.63) is 51.8 Å². The summed E-state index contributed by atoms with van der Waals surface area (Å²) in [6, 6.07) is 6.32. The van der Waals surface area contributed by atoms with Crippen LogP contribution >= 0.6 is 0 Å². The highest BCUT2D eigenvalue weighted by Crippen LogP contribution is 2.28. The van der Waals surface area contributed by atoms with Crippen LogP contribution in [0.1, 0.15) is 40.1 Å². The van der Waals surface area contributed by atoms with Crippen LogP contribution in [0.3, 0.4) is 0 Å². The van der Waals surface area contributed by atoms with Gasteiger partial charge in [0.25, 0.3) is 0 Å². The predicted molar refractivity (Wildman–Crippen MR) is 122 cm³/mol. The number of fused-ring (bicyclic) bond motifs is 1. The highest BCUT2D eigenvalue weighted by molar-refractivity contribution is 5.85. The van der Waals surface area contributed by atoms with Crippen molar-refractivity contribution >= 4 is 16.9 Å². The summed E-state index contributed by atoms with van der Waals surface area (Å²) in [5, 5.41) is 8.69. The number of methoxy groups -OCH3 is 2. The molecule has 3 rings (SSSR count). The van der Waals surface area contributed by atoms with Gasteiger partial charge in [0.15, 0.2) is 11.9 Å². The molecule has 2 heterocycles. The number of nitrogens with zero attached hydrogens (tertiary/aromatic N) is 3. The summed E-state index contributed by atoms with van der Waals surface area (Å²) in [6.45, 7) is 10.6. The number of hydrogen-bond donors (Lipinski definition) is 1. The number of amides is 1. The SMILES string of the molecule is COC(CNC(=O)CCc1c(C)nc2c(c(C)nn2-c2ccc(C)c(C)c2)c1C)OC. The monoisotopic (exact) mass is 424 g/mol. The van der Waals surface area contributed by atoms with E-state index in [4.69, 9.17) is 19.6 Å². The third kappa shape index (κ3) is 4.78. The van der Waals surface area contributed by atoms with E-state index in [1.54, 1.807) is 14.2 Å². The van der Waals surface area contributed by atoms with Gasteiger partial charge in [-0.2, -0.15) is 5.10 Å². The first kappa shape index (κ1) is 22.9. The fourth-order valence-electron chi connectivity index (χ4n) is 3.90. The van der Waals surface area contributed by atoms with Gasteiger partial charge in [-0.1, -0.05) is 6.07 Å². The quantitative estimate of drug-likeness (QED) is 0.559. The molecule has 2 aromatic heterocycles. The smallest absolute Gasteiger partial charge is 0.220 e. The van der Waals surface area contributed by atoms with Crippen LogP contribution in [0, 0.1) is 34.6 Å². The maximum Gasteiger partial charge on any atom is 0.220 e. The van der Waals surface area contributed by atoms with E-state index in [1.807, 2.05) is 18.5 Å². The summed E-state index contributed by atoms with van der Waals surface area (Å²) >= 11 is 0. The van der Waals surface area contributed by atoms with E-state index >= 15 is 0 Å². The van der Waals surface area contributed by atoms with Gasteiger partial charge in [-0.05, 0) is 75.4 Å². The Morgan fingerprint density at radius 3 is 2.42 bits per heavy atom. The fraction of sp³-hybridized carbons (Fsp3) is 0.458. The molecule has 3 aromatic rings. The molecule has 0 spiro atoms. The molecule has 0 unspecified atom stereocenters. The third-order valence-electron chi connectivity index (χ3n) is 5.90. The van der Waals surface area contributed by atoms with Crippen LogP contribution in [-0.4, -0.2) is 47.7 Å². The first-order chi connectivity index (χ1) is 14.8. The Balaban J connectivity index is 1.87. The minimum atomic E-state index is -0.440. The summed E-state index contributed by atoms with van der Waals surface area (Å²) < 4.78 is 12.1. The van der Waals surface area contributed by atoms with E-state index in [9.17, 15) is 4.79 Å². The van der Waals surface area contributed by atoms with Crippen LogP contribution < -0.4 is 5.32 Å². The molecule has 0 fully saturated rings. The number of aromatic nitrogens is 3. The van der Waals surface area contributed by atoms with E-state index in [2.05, 4.69) is 44.3 Å². The number of nitrogens with one attached hydrogen (secondary N) is 1. The van der Waals surface area contributed by atoms with E-state index in [1.165, 1.54) is 11.1 Å². The molecule has 0 aliphatic rings. The molecule has 0 bridgehead atoms. The van der Waals surface area contributed by atoms with Gasteiger partial charge >= 0.3 is 0 Å². The maximum atomic E-state index is 12.3. The molecule has 7 nitrogen and oxygen atoms in total. The average molecular weight is 425 g/mol. The van der Waals surface area contributed by atoms with Gasteiger partial charge in [-0.15, -0.1) is 0 Å². The van der Waals surface area contributed by atoms with Crippen molar-refractivity contribution in [1.29, 1.82) is 0 Å². The molecule has 0 saturated carbocycles. The van der Waals surface area contributed by atoms with Gasteiger partial charge < -0.3 is 14.8 Å². The normalized spacial score (nSPS) is 11.5. The average Bonchev–Trinajstić information content (AvgIpc) is 3.06. The Kier molecular flexibility index (Phi) is 7.08. The second kappa shape index (κ2) is 9.58. The lowest BCUT2D eigenvalue weighted by molar-refractivity contribution is -0.127. The molecule has 0 radical (unpaired) electrons. The summed E-state index contributed by atoms with van der Waals surface area (Å²) in [5.41, 5.74) is 8.42. The van der Waals surface area contributed by atoms with E-state index in [0.29, 0.717) is 19.4 Å². The van der Waals surface area contributed by atoms with Crippen LogP contribution in [-0.2, 0) is 20.7 Å². The summed E-state index contributed by atoms with van der Waals surface area (Å²) in [4.78, 5) is 17.2. The van der Waals surface area contributed by atoms with Gasteiger partial charge in [-0.25, -0.2) is 9.67 Å². The Morgan fingerprint density at radius 1 is 1.06 bits per heavy atom. The number of ether oxygens (including phenoxy) is 2. The lowest BCUT2D eigenvalue weighted by Gasteiger charge is -2.15. The zero-order valence-electron chi connectivity index (χ0n) is 19.5. The second-order valence-electron chi connectivity index (χ2n) is 7.97. The van der Waals surface area contributed by atoms with Crippen molar-refractivity contribution in [3.63, 3.8) is 0 Å². The first-order valence-electron chi connectivity index (χ1n) is 10.5. The van der Waals surface area contributed by atoms with Crippen LogP contribution in [0.4, 0.5) is 0 Å². The van der Waals surface area contributed by atoms with Crippen molar-refractivity contribution < 1.29 is 14.3 Å². The topological polar surface area (TPSA) is 78.3 Å². The molecule has 1 N–H and O–H groups in total. The lowest BCUT2D eigenvalue weighted by Crippen LogP contribution is -2.34. The molecule has 0 saturated heterocycles. The zero-order chi connectivity index (χ0) is 22.7. The van der Waals surface area contributed by atoms with Crippen molar-refractivity contribution in [2.24, 2.45) is 0 Å². The number of carbonyl (C=O) groups excluding carboxylic acids is 1. The summed E-state index contributed by atoms with van der Waals surface area (Å²) in [5.74, 6) is -0.0412. The molecule has 1 aromatic carbocycles. The van der Waals surface area contributed by atoms with Gasteiger partial charge in [0.2, 0.25) is 5.91 Å². The highest BCUT2D eigenvalue weighted by Gasteiger charge is 2.18. The predicted octanol–water partition coefficient (Wildman–Crippen LogP) is 3.63. The largest absolute Gasteiger partial charge is 0.354 e. The van der Waals surface area contributed by atoms with E-state index in [0.717, 1.165) is 39.2 Å². The summed E-state index contributed by atoms with van der Waals surface area (Å²) in [7, 11) is 3.10. The highest BCUT2D eigenvalue weighted by atomic mass is 16.7. The standard InChI is InChI=1S/C24H32N4O3/c1-14-8-9-19(12-15(14)2)28-24-23(18(5)27-28)16(3)20(17(4)26-24)10-11-21(29)25-13-22(30-6)31-7/h8-9,12,22H,10-11,13H2,1-7H3,(H,25,29). The Labute approximate surface area is 183 Å². The Morgan fingerprint density at radius 2 is 1.77 bits per heavy atom. The molecule has 0 atom stereocenters. The number of pyridine rings is 1. The molecule has 166 valence electrons. The molecule has 7 heteroatoms. The minimum absolute atomic E-state index is 0.0412. The van der Waals surface area contributed by atoms with Gasteiger partial charge in [0.05, 0.1) is 17.9 Å². The van der Waals surface area contributed by atoms with Crippen LogP contribution in [0.2, 0.25) is 0 Å². The van der Waals surface area contributed by atoms with E-state index < -0.39 is 6.29 Å². The molecule has 0 aliphatic carbocycles. The third-order valence-corrected chi connectivity index (χ3v) is 5.90. The number of hydrogen-bond acceptors (Lipinski definition) is 5. The van der Waals surface area contributed by atoms with Crippen molar-refractivity contribution in [2.75, 3.05) is 20.8 Å². The van der Waals surface area contributed by atoms with Gasteiger partial charge in [0.1, 0.15) is 0 Å². The van der Waals surface area contributed by atoms with Crippen molar-refractivity contribution in [1.82, 2.24) is 20.1 Å². The zero-order valence-corrected chi connectivity index (χ0v) is 19.5. The van der Waals surface area contributed by atoms with Crippen molar-refractivity contribution in [2.45, 2.75) is 53.8 Å². The number of rotatable bonds is 8. The second-order valence-corrected chi connectivity index (χ2v) is 7.97. The molecular weight excluding hydrogens is 392 g/mol. The molecule has 31 heavy (non-hydrogen) atoms. The number of aryl methyl sites for hydroxylation is 5. The minimum Gasteiger partial charge on any atom is -0.354 e. The number of carbonyl (C=O) groups is 1. The molecule has 1 amide bonds. The molecular formula is C24H32N4O3. The van der Waals surface area contributed by atoms with Crippen LogP contribution in [0.25, 0.3) is 16.7 Å². The van der Waals surface area contributed by atoms with Gasteiger partial charge in [0, 0.05) is 31.7 Å². The van der Waals surface area contributed by atoms with Crippen molar-refractivity contribution in [3.8, 4) is 5.69 Å².